The first kappa shape index (κ1) is 15.6. The Kier molecular flexibility index (Phi) is 3.09. The van der Waals surface area contributed by atoms with Gasteiger partial charge in [0, 0.05) is 0 Å². The smallest absolute Gasteiger partial charge is 0.221 e. The van der Waals surface area contributed by atoms with Gasteiger partial charge >= 0.3 is 0 Å². The van der Waals surface area contributed by atoms with E-state index in [1.165, 1.54) is 18.9 Å². The molecule has 0 heterocycles. The fourth-order valence-electron chi connectivity index (χ4n) is 6.91. The maximum Gasteiger partial charge on any atom is 0.221 e. The lowest BCUT2D eigenvalue weighted by atomic mass is 9.42. The summed E-state index contributed by atoms with van der Waals surface area (Å²) in [5, 5.41) is 11.8. The Morgan fingerprint density at radius 3 is 2.61 bits per heavy atom. The molecular weight excluding hydrogens is 288 g/mol. The van der Waals surface area contributed by atoms with E-state index in [0.29, 0.717) is 23.7 Å². The molecule has 1 N–H and O–H groups in total. The molecule has 0 aliphatic heterocycles. The first-order valence-electron chi connectivity index (χ1n) is 9.23. The molecule has 0 bridgehead atoms. The first-order valence-corrected chi connectivity index (χ1v) is 9.23. The van der Waals surface area contributed by atoms with Crippen molar-refractivity contribution in [3.63, 3.8) is 0 Å². The lowest BCUT2D eigenvalue weighted by Crippen LogP contribution is -2.69. The lowest BCUT2D eigenvalue weighted by molar-refractivity contribution is -0.223. The van der Waals surface area contributed by atoms with E-state index in [4.69, 9.17) is 0 Å². The van der Waals surface area contributed by atoms with Gasteiger partial charge in [-0.25, -0.2) is 0 Å². The minimum Gasteiger partial charge on any atom is -0.389 e. The van der Waals surface area contributed by atoms with E-state index in [0.717, 1.165) is 19.3 Å². The molecule has 4 aliphatic carbocycles. The number of fused-ring (bicyclic) bond motifs is 5. The van der Waals surface area contributed by atoms with E-state index in [2.05, 4.69) is 13.8 Å². The second-order valence-electron chi connectivity index (χ2n) is 9.18. The van der Waals surface area contributed by atoms with Gasteiger partial charge in [0.05, 0.1) is 11.0 Å². The SMILES string of the molecule is C[C@H]1C[C@H]2[C@@H]3CCC[C@@]3(C)CC[C@]2(O)[C@@]2(C)C(=O)C(=O)C=CC12. The van der Waals surface area contributed by atoms with Crippen molar-refractivity contribution >= 4 is 11.6 Å². The highest BCUT2D eigenvalue weighted by molar-refractivity contribution is 6.44. The molecule has 0 spiro atoms. The summed E-state index contributed by atoms with van der Waals surface area (Å²) in [6.07, 6.45) is 9.60. The maximum atomic E-state index is 12.9. The number of carbonyl (C=O) groups excluding carboxylic acids is 2. The van der Waals surface area contributed by atoms with Crippen LogP contribution in [0, 0.1) is 34.5 Å². The Labute approximate surface area is 138 Å². The van der Waals surface area contributed by atoms with Crippen LogP contribution in [0.3, 0.4) is 0 Å². The highest BCUT2D eigenvalue weighted by Crippen LogP contribution is 2.67. The number of allylic oxidation sites excluding steroid dienone is 2. The molecule has 23 heavy (non-hydrogen) atoms. The van der Waals surface area contributed by atoms with Gasteiger partial charge < -0.3 is 5.11 Å². The minimum atomic E-state index is -1.02. The van der Waals surface area contributed by atoms with Gasteiger partial charge in [-0.15, -0.1) is 0 Å². The minimum absolute atomic E-state index is 0.0142. The number of hydrogen-bond donors (Lipinski definition) is 1. The van der Waals surface area contributed by atoms with Gasteiger partial charge in [0.25, 0.3) is 0 Å². The molecular formula is C20H28O3. The topological polar surface area (TPSA) is 54.4 Å². The molecule has 3 saturated carbocycles. The summed E-state index contributed by atoms with van der Waals surface area (Å²) in [4.78, 5) is 25.0. The number of aliphatic hydroxyl groups is 1. The fraction of sp³-hybridized carbons (Fsp3) is 0.800. The molecule has 0 radical (unpaired) electrons. The zero-order valence-electron chi connectivity index (χ0n) is 14.5. The first-order chi connectivity index (χ1) is 10.7. The van der Waals surface area contributed by atoms with Crippen LogP contribution in [0.15, 0.2) is 12.2 Å². The van der Waals surface area contributed by atoms with E-state index in [9.17, 15) is 14.7 Å². The van der Waals surface area contributed by atoms with Crippen molar-refractivity contribution in [2.75, 3.05) is 0 Å². The van der Waals surface area contributed by atoms with E-state index in [1.807, 2.05) is 13.0 Å². The molecule has 0 aromatic heterocycles. The standard InChI is InChI=1S/C20H28O3/c1-12-11-15-14-5-4-8-18(14,2)9-10-20(15,23)19(3)13(12)6-7-16(21)17(19)22/h6-7,12-15,23H,4-5,8-11H2,1-3H3/t12-,13?,14-,15-,18-,19+,20+/m0/s1. The third kappa shape index (κ3) is 1.70. The number of carbonyl (C=O) groups is 2. The fourth-order valence-corrected chi connectivity index (χ4v) is 6.91. The molecule has 0 saturated heterocycles. The number of hydrogen-bond acceptors (Lipinski definition) is 3. The highest BCUT2D eigenvalue weighted by atomic mass is 16.3. The van der Waals surface area contributed by atoms with Crippen molar-refractivity contribution < 1.29 is 14.7 Å². The second-order valence-corrected chi connectivity index (χ2v) is 9.18. The molecule has 0 amide bonds. The van der Waals surface area contributed by atoms with Crippen LogP contribution in [0.1, 0.15) is 59.3 Å². The van der Waals surface area contributed by atoms with Gasteiger partial charge in [-0.05, 0) is 74.2 Å². The molecule has 1 unspecified atom stereocenters. The molecule has 4 rings (SSSR count). The Hall–Kier alpha value is -0.960. The van der Waals surface area contributed by atoms with Gasteiger partial charge in [-0.2, -0.15) is 0 Å². The Bertz CT molecular complexity index is 608. The summed E-state index contributed by atoms with van der Waals surface area (Å²) in [6, 6.07) is 0. The van der Waals surface area contributed by atoms with Crippen molar-refractivity contribution in [1.29, 1.82) is 0 Å². The average molecular weight is 316 g/mol. The van der Waals surface area contributed by atoms with Crippen molar-refractivity contribution in [2.24, 2.45) is 34.5 Å². The van der Waals surface area contributed by atoms with E-state index < -0.39 is 16.8 Å². The highest BCUT2D eigenvalue weighted by Gasteiger charge is 2.69. The van der Waals surface area contributed by atoms with Crippen molar-refractivity contribution in [1.82, 2.24) is 0 Å². The summed E-state index contributed by atoms with van der Waals surface area (Å²) in [6.45, 7) is 6.44. The summed E-state index contributed by atoms with van der Waals surface area (Å²) in [7, 11) is 0. The summed E-state index contributed by atoms with van der Waals surface area (Å²) in [5.41, 5.74) is -1.64. The van der Waals surface area contributed by atoms with Crippen LogP contribution in [0.25, 0.3) is 0 Å². The lowest BCUT2D eigenvalue weighted by Gasteiger charge is -2.63. The number of ketones is 2. The van der Waals surface area contributed by atoms with Crippen LogP contribution >= 0.6 is 0 Å². The van der Waals surface area contributed by atoms with Crippen LogP contribution in [0.5, 0.6) is 0 Å². The Morgan fingerprint density at radius 1 is 1.13 bits per heavy atom. The summed E-state index contributed by atoms with van der Waals surface area (Å²) >= 11 is 0. The van der Waals surface area contributed by atoms with Gasteiger partial charge in [0.2, 0.25) is 11.6 Å². The van der Waals surface area contributed by atoms with Crippen LogP contribution in [-0.2, 0) is 9.59 Å². The molecule has 7 atom stereocenters. The van der Waals surface area contributed by atoms with E-state index >= 15 is 0 Å². The third-order valence-corrected chi connectivity index (χ3v) is 8.29. The summed E-state index contributed by atoms with van der Waals surface area (Å²) < 4.78 is 0. The van der Waals surface area contributed by atoms with Crippen LogP contribution in [0.2, 0.25) is 0 Å². The molecule has 0 aromatic carbocycles. The van der Waals surface area contributed by atoms with Gasteiger partial charge in [0.15, 0.2) is 0 Å². The molecule has 4 aliphatic rings. The maximum absolute atomic E-state index is 12.9. The molecule has 126 valence electrons. The third-order valence-electron chi connectivity index (χ3n) is 8.29. The van der Waals surface area contributed by atoms with Gasteiger partial charge in [-0.1, -0.05) is 26.3 Å². The largest absolute Gasteiger partial charge is 0.389 e. The van der Waals surface area contributed by atoms with Gasteiger partial charge in [0.1, 0.15) is 0 Å². The van der Waals surface area contributed by atoms with Crippen molar-refractivity contribution in [3.05, 3.63) is 12.2 Å². The molecule has 3 nitrogen and oxygen atoms in total. The second kappa shape index (κ2) is 4.56. The molecule has 3 fully saturated rings. The predicted octanol–water partition coefficient (Wildman–Crippen LogP) is 3.30. The monoisotopic (exact) mass is 316 g/mol. The predicted molar refractivity (Wildman–Crippen MR) is 87.7 cm³/mol. The zero-order valence-corrected chi connectivity index (χ0v) is 14.5. The van der Waals surface area contributed by atoms with Crippen molar-refractivity contribution in [2.45, 2.75) is 64.9 Å². The molecule has 0 aromatic rings. The summed E-state index contributed by atoms with van der Waals surface area (Å²) in [5.74, 6) is 0.190. The van der Waals surface area contributed by atoms with Gasteiger partial charge in [-0.3, -0.25) is 9.59 Å². The normalized spacial score (nSPS) is 55.3. The van der Waals surface area contributed by atoms with Crippen molar-refractivity contribution in [3.8, 4) is 0 Å². The van der Waals surface area contributed by atoms with Crippen LogP contribution in [-0.4, -0.2) is 22.3 Å². The Morgan fingerprint density at radius 2 is 1.87 bits per heavy atom. The van der Waals surface area contributed by atoms with Crippen LogP contribution < -0.4 is 0 Å². The number of rotatable bonds is 0. The zero-order chi connectivity index (χ0) is 16.6. The quantitative estimate of drug-likeness (QED) is 0.698. The van der Waals surface area contributed by atoms with Crippen LogP contribution in [0.4, 0.5) is 0 Å². The number of Topliss-reactive ketones (excluding diaryl/α,β-unsaturated/α-hetero) is 1. The average Bonchev–Trinajstić information content (AvgIpc) is 2.89. The Balaban J connectivity index is 1.85. The molecule has 3 heteroatoms. The van der Waals surface area contributed by atoms with E-state index in [-0.39, 0.29) is 17.6 Å². The van der Waals surface area contributed by atoms with E-state index in [1.54, 1.807) is 0 Å².